The molecule has 0 aromatic carbocycles. The molecule has 1 rings (SSSR count). The molecule has 0 aromatic rings. The Balaban J connectivity index is 0.000000250. The van der Waals surface area contributed by atoms with E-state index in [0.717, 1.165) is 12.4 Å². The molecule has 0 bridgehead atoms. The summed E-state index contributed by atoms with van der Waals surface area (Å²) in [7, 11) is 0. The van der Waals surface area contributed by atoms with Crippen LogP contribution in [0.15, 0.2) is 0 Å². The smallest absolute Gasteiger partial charge is 0.653 e. The summed E-state index contributed by atoms with van der Waals surface area (Å²) < 4.78 is 0. The van der Waals surface area contributed by atoms with E-state index in [1.165, 1.54) is 5.75 Å². The maximum Gasteiger partial charge on any atom is 1.00 e. The zero-order chi connectivity index (χ0) is 3.54. The quantitative estimate of drug-likeness (QED) is 0.346. The van der Waals surface area contributed by atoms with Crippen molar-refractivity contribution < 1.29 is 51.4 Å². The molecule has 0 atom stereocenters. The SMILES string of the molecule is C1CSC[N-]1.[K+]. The molecule has 3 heteroatoms. The number of thioether (sulfide) groups is 1. The Morgan fingerprint density at radius 1 is 1.50 bits per heavy atom. The number of hydrogen-bond acceptors (Lipinski definition) is 1. The van der Waals surface area contributed by atoms with Gasteiger partial charge in [0.1, 0.15) is 0 Å². The Hall–Kier alpha value is 1.95. The fourth-order valence-corrected chi connectivity index (χ4v) is 0.968. The number of nitrogens with zero attached hydrogens (tertiary/aromatic N) is 1. The molecule has 0 N–H and O–H groups in total. The second kappa shape index (κ2) is 5.09. The van der Waals surface area contributed by atoms with Gasteiger partial charge in [-0.1, -0.05) is 0 Å². The van der Waals surface area contributed by atoms with Crippen molar-refractivity contribution in [2.24, 2.45) is 0 Å². The first-order chi connectivity index (χ1) is 2.50. The predicted molar refractivity (Wildman–Crippen MR) is 25.6 cm³/mol. The maximum absolute atomic E-state index is 4.05. The second-order valence-corrected chi connectivity index (χ2v) is 2.06. The minimum Gasteiger partial charge on any atom is -0.653 e. The van der Waals surface area contributed by atoms with Crippen molar-refractivity contribution in [1.82, 2.24) is 0 Å². The van der Waals surface area contributed by atoms with E-state index in [9.17, 15) is 0 Å². The Labute approximate surface area is 85.1 Å². The molecule has 0 spiro atoms. The van der Waals surface area contributed by atoms with Gasteiger partial charge < -0.3 is 5.32 Å². The minimum absolute atomic E-state index is 0. The van der Waals surface area contributed by atoms with Crippen LogP contribution >= 0.6 is 11.8 Å². The van der Waals surface area contributed by atoms with Gasteiger partial charge in [0.25, 0.3) is 0 Å². The standard InChI is InChI=1S/C3H6NS.K/c1-2-5-3-4-1;/h1-3H2;/q-1;+1. The van der Waals surface area contributed by atoms with Crippen LogP contribution in [0.25, 0.3) is 5.32 Å². The Morgan fingerprint density at radius 3 is 2.50 bits per heavy atom. The molecule has 6 heavy (non-hydrogen) atoms. The molecule has 1 heterocycles. The predicted octanol–water partition coefficient (Wildman–Crippen LogP) is -1.93. The molecule has 0 aromatic heterocycles. The summed E-state index contributed by atoms with van der Waals surface area (Å²) in [4.78, 5) is 0. The summed E-state index contributed by atoms with van der Waals surface area (Å²) in [6, 6.07) is 0. The van der Waals surface area contributed by atoms with E-state index in [4.69, 9.17) is 0 Å². The Bertz CT molecular complexity index is 22.4. The van der Waals surface area contributed by atoms with Gasteiger partial charge in [-0.3, -0.25) is 0 Å². The van der Waals surface area contributed by atoms with Crippen molar-refractivity contribution in [2.45, 2.75) is 0 Å². The zero-order valence-electron chi connectivity index (χ0n) is 3.98. The third-order valence-electron chi connectivity index (χ3n) is 0.576. The topological polar surface area (TPSA) is 14.1 Å². The van der Waals surface area contributed by atoms with Crippen molar-refractivity contribution in [3.05, 3.63) is 5.32 Å². The third kappa shape index (κ3) is 3.02. The molecular formula is C3H6KNS. The van der Waals surface area contributed by atoms with Gasteiger partial charge in [-0.15, -0.1) is 12.4 Å². The van der Waals surface area contributed by atoms with Crippen molar-refractivity contribution in [3.63, 3.8) is 0 Å². The molecule has 0 unspecified atom stereocenters. The summed E-state index contributed by atoms with van der Waals surface area (Å²) in [5, 5.41) is 4.05. The molecule has 1 aliphatic heterocycles. The van der Waals surface area contributed by atoms with Gasteiger partial charge in [-0.05, 0) is 5.75 Å². The second-order valence-electron chi connectivity index (χ2n) is 0.985. The average molecular weight is 127 g/mol. The van der Waals surface area contributed by atoms with Gasteiger partial charge in [0.2, 0.25) is 0 Å². The molecule has 0 radical (unpaired) electrons. The molecule has 1 nitrogen and oxygen atoms in total. The van der Waals surface area contributed by atoms with Crippen LogP contribution in [0, 0.1) is 0 Å². The molecular weight excluding hydrogens is 121 g/mol. The van der Waals surface area contributed by atoms with E-state index in [0.29, 0.717) is 0 Å². The van der Waals surface area contributed by atoms with Crippen molar-refractivity contribution >= 4 is 11.8 Å². The van der Waals surface area contributed by atoms with Crippen LogP contribution in [0.3, 0.4) is 0 Å². The first-order valence-corrected chi connectivity index (χ1v) is 2.86. The zero-order valence-corrected chi connectivity index (χ0v) is 7.92. The summed E-state index contributed by atoms with van der Waals surface area (Å²) in [5.41, 5.74) is 0. The van der Waals surface area contributed by atoms with Crippen LogP contribution in [0.2, 0.25) is 0 Å². The summed E-state index contributed by atoms with van der Waals surface area (Å²) >= 11 is 1.91. The van der Waals surface area contributed by atoms with Gasteiger partial charge >= 0.3 is 51.4 Å². The monoisotopic (exact) mass is 127 g/mol. The van der Waals surface area contributed by atoms with Crippen LogP contribution in [-0.4, -0.2) is 18.2 Å². The van der Waals surface area contributed by atoms with Crippen molar-refractivity contribution in [1.29, 1.82) is 0 Å². The van der Waals surface area contributed by atoms with Crippen molar-refractivity contribution in [2.75, 3.05) is 18.2 Å². The summed E-state index contributed by atoms with van der Waals surface area (Å²) in [5.74, 6) is 2.29. The van der Waals surface area contributed by atoms with E-state index < -0.39 is 0 Å². The maximum atomic E-state index is 4.05. The van der Waals surface area contributed by atoms with E-state index in [1.807, 2.05) is 11.8 Å². The Morgan fingerprint density at radius 2 is 2.33 bits per heavy atom. The third-order valence-corrected chi connectivity index (χ3v) is 1.41. The fraction of sp³-hybridized carbons (Fsp3) is 1.00. The average Bonchev–Trinajstić information content (AvgIpc) is 1.76. The molecule has 0 aliphatic carbocycles. The van der Waals surface area contributed by atoms with Crippen LogP contribution < -0.4 is 51.4 Å². The van der Waals surface area contributed by atoms with Gasteiger partial charge in [0.15, 0.2) is 0 Å². The molecule has 30 valence electrons. The minimum atomic E-state index is 0. The number of hydrogen-bond donors (Lipinski definition) is 0. The van der Waals surface area contributed by atoms with Crippen molar-refractivity contribution in [3.8, 4) is 0 Å². The van der Waals surface area contributed by atoms with Crippen LogP contribution in [-0.2, 0) is 0 Å². The normalized spacial score (nSPS) is 20.0. The Kier molecular flexibility index (Phi) is 6.74. The molecule has 1 saturated heterocycles. The largest absolute Gasteiger partial charge is 1.00 e. The van der Waals surface area contributed by atoms with Crippen LogP contribution in [0.5, 0.6) is 0 Å². The van der Waals surface area contributed by atoms with E-state index in [1.54, 1.807) is 0 Å². The molecule has 1 fully saturated rings. The van der Waals surface area contributed by atoms with Gasteiger partial charge in [0.05, 0.1) is 0 Å². The van der Waals surface area contributed by atoms with Gasteiger partial charge in [0, 0.05) is 0 Å². The van der Waals surface area contributed by atoms with Crippen LogP contribution in [0.1, 0.15) is 0 Å². The van der Waals surface area contributed by atoms with E-state index in [2.05, 4.69) is 5.32 Å². The fourth-order valence-electron chi connectivity index (χ4n) is 0.323. The number of rotatable bonds is 0. The van der Waals surface area contributed by atoms with Gasteiger partial charge in [-0.2, -0.15) is 11.8 Å². The first kappa shape index (κ1) is 7.95. The summed E-state index contributed by atoms with van der Waals surface area (Å²) in [6.07, 6.45) is 0. The molecule has 1 aliphatic rings. The first-order valence-electron chi connectivity index (χ1n) is 1.71. The van der Waals surface area contributed by atoms with Gasteiger partial charge in [-0.25, -0.2) is 0 Å². The van der Waals surface area contributed by atoms with E-state index in [-0.39, 0.29) is 51.4 Å². The van der Waals surface area contributed by atoms with E-state index >= 15 is 0 Å². The molecule has 0 amide bonds. The van der Waals surface area contributed by atoms with Crippen LogP contribution in [0.4, 0.5) is 0 Å². The molecule has 0 saturated carbocycles. The summed E-state index contributed by atoms with van der Waals surface area (Å²) in [6.45, 7) is 1.09.